The van der Waals surface area contributed by atoms with Crippen LogP contribution >= 0.6 is 15.9 Å². The Morgan fingerprint density at radius 3 is 2.78 bits per heavy atom. The van der Waals surface area contributed by atoms with Crippen LogP contribution in [0, 0.1) is 0 Å². The Morgan fingerprint density at radius 2 is 2.33 bits per heavy atom. The van der Waals surface area contributed by atoms with Gasteiger partial charge in [0.2, 0.25) is 0 Å². The summed E-state index contributed by atoms with van der Waals surface area (Å²) in [4.78, 5) is 3.19. The lowest BCUT2D eigenvalue weighted by molar-refractivity contribution is 0.716. The average Bonchev–Trinajstić information content (AvgIpc) is 2.18. The molecule has 0 bridgehead atoms. The first-order valence-corrected chi connectivity index (χ1v) is 3.94. The Balaban J connectivity index is 2.49. The quantitative estimate of drug-likeness (QED) is 0.264. The van der Waals surface area contributed by atoms with E-state index in [-0.39, 0.29) is 6.04 Å². The molecule has 0 amide bonds. The standard InChI is InChI=1S/C5H8BrN3/c6-4-2-1-3-5(4)8-9-7/h4-5H,1-3H2/t4-,5-/m1/s1. The lowest BCUT2D eigenvalue weighted by Gasteiger charge is -2.03. The minimum Gasteiger partial charge on any atom is -0.0895 e. The van der Waals surface area contributed by atoms with Crippen molar-refractivity contribution in [2.45, 2.75) is 30.1 Å². The van der Waals surface area contributed by atoms with Crippen molar-refractivity contribution in [3.05, 3.63) is 10.4 Å². The highest BCUT2D eigenvalue weighted by atomic mass is 79.9. The number of nitrogens with zero attached hydrogens (tertiary/aromatic N) is 3. The average molecular weight is 190 g/mol. The molecule has 0 aliphatic heterocycles. The van der Waals surface area contributed by atoms with Crippen LogP contribution in [-0.2, 0) is 0 Å². The van der Waals surface area contributed by atoms with Crippen molar-refractivity contribution in [2.75, 3.05) is 0 Å². The minimum absolute atomic E-state index is 0.204. The third-order valence-corrected chi connectivity index (χ3v) is 2.67. The molecule has 0 aromatic heterocycles. The smallest absolute Gasteiger partial charge is 0.0499 e. The minimum atomic E-state index is 0.204. The first-order chi connectivity index (χ1) is 4.34. The van der Waals surface area contributed by atoms with Gasteiger partial charge >= 0.3 is 0 Å². The molecule has 0 unspecified atom stereocenters. The molecule has 3 nitrogen and oxygen atoms in total. The zero-order valence-corrected chi connectivity index (χ0v) is 6.58. The van der Waals surface area contributed by atoms with Gasteiger partial charge in [-0.2, -0.15) is 0 Å². The monoisotopic (exact) mass is 189 g/mol. The fraction of sp³-hybridized carbons (Fsp3) is 1.00. The van der Waals surface area contributed by atoms with Gasteiger partial charge in [0.15, 0.2) is 0 Å². The molecular weight excluding hydrogens is 182 g/mol. The summed E-state index contributed by atoms with van der Waals surface area (Å²) < 4.78 is 0. The van der Waals surface area contributed by atoms with E-state index in [1.54, 1.807) is 0 Å². The van der Waals surface area contributed by atoms with E-state index in [1.807, 2.05) is 0 Å². The first-order valence-electron chi connectivity index (χ1n) is 3.03. The summed E-state index contributed by atoms with van der Waals surface area (Å²) in [5, 5.41) is 3.64. The zero-order chi connectivity index (χ0) is 6.69. The van der Waals surface area contributed by atoms with Gasteiger partial charge in [0.25, 0.3) is 0 Å². The molecule has 0 radical (unpaired) electrons. The molecule has 2 atom stereocenters. The highest BCUT2D eigenvalue weighted by molar-refractivity contribution is 9.09. The van der Waals surface area contributed by atoms with Crippen LogP contribution in [0.5, 0.6) is 0 Å². The van der Waals surface area contributed by atoms with Crippen molar-refractivity contribution in [1.82, 2.24) is 0 Å². The topological polar surface area (TPSA) is 48.8 Å². The van der Waals surface area contributed by atoms with Crippen LogP contribution in [0.3, 0.4) is 0 Å². The zero-order valence-electron chi connectivity index (χ0n) is 5.00. The Morgan fingerprint density at radius 1 is 1.56 bits per heavy atom. The van der Waals surface area contributed by atoms with E-state index in [1.165, 1.54) is 6.42 Å². The number of hydrogen-bond donors (Lipinski definition) is 0. The van der Waals surface area contributed by atoms with Crippen LogP contribution in [0.25, 0.3) is 10.4 Å². The Labute approximate surface area is 62.2 Å². The fourth-order valence-corrected chi connectivity index (χ4v) is 1.79. The molecule has 0 spiro atoms. The molecule has 0 N–H and O–H groups in total. The molecule has 4 heteroatoms. The van der Waals surface area contributed by atoms with E-state index in [2.05, 4.69) is 26.0 Å². The predicted octanol–water partition coefficient (Wildman–Crippen LogP) is 2.61. The van der Waals surface area contributed by atoms with Crippen molar-refractivity contribution < 1.29 is 0 Å². The summed E-state index contributed by atoms with van der Waals surface area (Å²) in [7, 11) is 0. The molecular formula is C5H8BrN3. The number of azide groups is 1. The van der Waals surface area contributed by atoms with E-state index in [9.17, 15) is 0 Å². The normalized spacial score (nSPS) is 33.9. The van der Waals surface area contributed by atoms with Gasteiger partial charge in [-0.25, -0.2) is 0 Å². The lowest BCUT2D eigenvalue weighted by Crippen LogP contribution is -2.08. The van der Waals surface area contributed by atoms with Gasteiger partial charge in [-0.05, 0) is 18.4 Å². The molecule has 0 aromatic carbocycles. The molecule has 50 valence electrons. The van der Waals surface area contributed by atoms with Crippen molar-refractivity contribution >= 4 is 15.9 Å². The van der Waals surface area contributed by atoms with Crippen molar-refractivity contribution in [3.8, 4) is 0 Å². The Bertz CT molecular complexity index is 141. The van der Waals surface area contributed by atoms with E-state index < -0.39 is 0 Å². The first kappa shape index (κ1) is 6.90. The largest absolute Gasteiger partial charge is 0.0895 e. The second kappa shape index (κ2) is 3.08. The van der Waals surface area contributed by atoms with Crippen molar-refractivity contribution in [1.29, 1.82) is 0 Å². The maximum Gasteiger partial charge on any atom is 0.0499 e. The summed E-state index contributed by atoms with van der Waals surface area (Å²) in [6.45, 7) is 0. The van der Waals surface area contributed by atoms with Crippen LogP contribution in [0.2, 0.25) is 0 Å². The lowest BCUT2D eigenvalue weighted by atomic mass is 10.3. The van der Waals surface area contributed by atoms with Gasteiger partial charge in [-0.15, -0.1) is 0 Å². The molecule has 0 aromatic rings. The molecule has 1 aliphatic rings. The van der Waals surface area contributed by atoms with E-state index in [0.29, 0.717) is 4.83 Å². The number of alkyl halides is 1. The maximum absolute atomic E-state index is 8.08. The summed E-state index contributed by atoms with van der Waals surface area (Å²) in [5.74, 6) is 0. The number of halogens is 1. The molecule has 0 saturated heterocycles. The second-order valence-electron chi connectivity index (χ2n) is 2.22. The van der Waals surface area contributed by atoms with Crippen LogP contribution < -0.4 is 0 Å². The van der Waals surface area contributed by atoms with Crippen LogP contribution in [0.15, 0.2) is 5.11 Å². The molecule has 1 aliphatic carbocycles. The van der Waals surface area contributed by atoms with E-state index in [4.69, 9.17) is 5.53 Å². The Hall–Kier alpha value is -0.210. The van der Waals surface area contributed by atoms with E-state index in [0.717, 1.165) is 12.8 Å². The fourth-order valence-electron chi connectivity index (χ4n) is 1.09. The summed E-state index contributed by atoms with van der Waals surface area (Å²) in [6.07, 6.45) is 3.36. The molecule has 9 heavy (non-hydrogen) atoms. The summed E-state index contributed by atoms with van der Waals surface area (Å²) in [6, 6.07) is 0.204. The maximum atomic E-state index is 8.08. The number of hydrogen-bond acceptors (Lipinski definition) is 1. The van der Waals surface area contributed by atoms with Gasteiger partial charge in [0.1, 0.15) is 0 Å². The van der Waals surface area contributed by atoms with Gasteiger partial charge in [0.05, 0.1) is 0 Å². The third-order valence-electron chi connectivity index (χ3n) is 1.60. The van der Waals surface area contributed by atoms with Crippen LogP contribution in [0.1, 0.15) is 19.3 Å². The summed E-state index contributed by atoms with van der Waals surface area (Å²) >= 11 is 3.44. The third kappa shape index (κ3) is 1.60. The predicted molar refractivity (Wildman–Crippen MR) is 39.5 cm³/mol. The van der Waals surface area contributed by atoms with Gasteiger partial charge in [0, 0.05) is 15.8 Å². The molecule has 0 heterocycles. The molecule has 1 fully saturated rings. The number of rotatable bonds is 1. The van der Waals surface area contributed by atoms with Gasteiger partial charge in [-0.1, -0.05) is 27.5 Å². The molecule has 1 saturated carbocycles. The Kier molecular flexibility index (Phi) is 2.37. The second-order valence-corrected chi connectivity index (χ2v) is 3.40. The highest BCUT2D eigenvalue weighted by Crippen LogP contribution is 2.27. The van der Waals surface area contributed by atoms with Crippen LogP contribution in [0.4, 0.5) is 0 Å². The SMILES string of the molecule is [N-]=[N+]=N[C@@H]1CCC[C@H]1Br. The summed E-state index contributed by atoms with van der Waals surface area (Å²) in [5.41, 5.74) is 8.08. The van der Waals surface area contributed by atoms with Gasteiger partial charge in [-0.3, -0.25) is 0 Å². The highest BCUT2D eigenvalue weighted by Gasteiger charge is 2.22. The molecule has 1 rings (SSSR count). The van der Waals surface area contributed by atoms with Crippen molar-refractivity contribution in [3.63, 3.8) is 0 Å². The van der Waals surface area contributed by atoms with Crippen LogP contribution in [-0.4, -0.2) is 10.9 Å². The van der Waals surface area contributed by atoms with Crippen molar-refractivity contribution in [2.24, 2.45) is 5.11 Å². The van der Waals surface area contributed by atoms with Gasteiger partial charge < -0.3 is 0 Å². The van der Waals surface area contributed by atoms with E-state index >= 15 is 0 Å².